The van der Waals surface area contributed by atoms with Crippen LogP contribution >= 0.6 is 0 Å². The van der Waals surface area contributed by atoms with Crippen molar-refractivity contribution in [3.05, 3.63) is 47.5 Å². The number of carbonyl (C=O) groups is 1. The Bertz CT molecular complexity index is 970. The summed E-state index contributed by atoms with van der Waals surface area (Å²) in [5.74, 6) is 1.98. The third kappa shape index (κ3) is 4.32. The van der Waals surface area contributed by atoms with Gasteiger partial charge < -0.3 is 24.6 Å². The van der Waals surface area contributed by atoms with E-state index in [2.05, 4.69) is 25.8 Å². The number of rotatable bonds is 6. The van der Waals surface area contributed by atoms with Gasteiger partial charge >= 0.3 is 0 Å². The van der Waals surface area contributed by atoms with Crippen LogP contribution in [0, 0.1) is 13.8 Å². The number of hydrogen-bond acceptors (Lipinski definition) is 8. The fourth-order valence-electron chi connectivity index (χ4n) is 2.37. The molecule has 9 heteroatoms. The fourth-order valence-corrected chi connectivity index (χ4v) is 2.37. The zero-order chi connectivity index (χ0) is 19.4. The number of ether oxygens (including phenoxy) is 2. The van der Waals surface area contributed by atoms with Gasteiger partial charge in [0, 0.05) is 17.8 Å². The van der Waals surface area contributed by atoms with Crippen LogP contribution in [0.5, 0.6) is 11.5 Å². The topological polar surface area (TPSA) is 111 Å². The summed E-state index contributed by atoms with van der Waals surface area (Å²) >= 11 is 0. The van der Waals surface area contributed by atoms with Gasteiger partial charge in [-0.1, -0.05) is 5.16 Å². The Hall–Kier alpha value is -3.62. The van der Waals surface area contributed by atoms with Crippen LogP contribution in [0.4, 0.5) is 17.5 Å². The predicted octanol–water partition coefficient (Wildman–Crippen LogP) is 3.09. The highest BCUT2D eigenvalue weighted by molar-refractivity contribution is 6.02. The van der Waals surface area contributed by atoms with E-state index in [0.29, 0.717) is 34.5 Å². The van der Waals surface area contributed by atoms with Crippen molar-refractivity contribution in [2.75, 3.05) is 24.9 Å². The highest BCUT2D eigenvalue weighted by Gasteiger charge is 2.14. The summed E-state index contributed by atoms with van der Waals surface area (Å²) in [5.41, 5.74) is 1.46. The molecule has 1 amide bonds. The average Bonchev–Trinajstić information content (AvgIpc) is 3.06. The van der Waals surface area contributed by atoms with Crippen molar-refractivity contribution in [2.24, 2.45) is 0 Å². The molecule has 0 saturated carbocycles. The zero-order valence-electron chi connectivity index (χ0n) is 15.4. The van der Waals surface area contributed by atoms with Crippen LogP contribution in [0.25, 0.3) is 0 Å². The first-order valence-electron chi connectivity index (χ1n) is 8.08. The molecule has 27 heavy (non-hydrogen) atoms. The second kappa shape index (κ2) is 7.73. The number of aryl methyl sites for hydroxylation is 2. The molecule has 0 aliphatic carbocycles. The number of benzene rings is 1. The van der Waals surface area contributed by atoms with E-state index in [1.807, 2.05) is 0 Å². The van der Waals surface area contributed by atoms with Gasteiger partial charge in [0.25, 0.3) is 5.91 Å². The Kier molecular flexibility index (Phi) is 5.20. The number of nitrogens with one attached hydrogen (secondary N) is 2. The molecule has 3 aromatic rings. The normalized spacial score (nSPS) is 10.4. The second-order valence-electron chi connectivity index (χ2n) is 5.69. The summed E-state index contributed by atoms with van der Waals surface area (Å²) in [5, 5.41) is 9.43. The third-order valence-electron chi connectivity index (χ3n) is 3.61. The van der Waals surface area contributed by atoms with Crippen molar-refractivity contribution in [3.63, 3.8) is 0 Å². The SMILES string of the molecule is COc1ccc(Nc2nc(C)cc(C(=O)Nc3cc(C)on3)n2)c(OC)c1. The number of aromatic nitrogens is 3. The Labute approximate surface area is 155 Å². The first kappa shape index (κ1) is 18.2. The maximum Gasteiger partial charge on any atom is 0.275 e. The van der Waals surface area contributed by atoms with Crippen molar-refractivity contribution >= 4 is 23.4 Å². The van der Waals surface area contributed by atoms with Crippen LogP contribution in [-0.2, 0) is 0 Å². The molecular formula is C18H19N5O4. The first-order valence-corrected chi connectivity index (χ1v) is 8.08. The van der Waals surface area contributed by atoms with Crippen LogP contribution < -0.4 is 20.1 Å². The molecular weight excluding hydrogens is 350 g/mol. The number of carbonyl (C=O) groups excluding carboxylic acids is 1. The minimum Gasteiger partial charge on any atom is -0.497 e. The van der Waals surface area contributed by atoms with Gasteiger partial charge in [0.1, 0.15) is 23.0 Å². The van der Waals surface area contributed by atoms with Crippen LogP contribution in [0.3, 0.4) is 0 Å². The van der Waals surface area contributed by atoms with E-state index < -0.39 is 5.91 Å². The lowest BCUT2D eigenvalue weighted by molar-refractivity contribution is 0.102. The minimum atomic E-state index is -0.418. The monoisotopic (exact) mass is 369 g/mol. The maximum absolute atomic E-state index is 12.4. The van der Waals surface area contributed by atoms with Gasteiger partial charge in [-0.25, -0.2) is 9.97 Å². The molecule has 2 heterocycles. The van der Waals surface area contributed by atoms with E-state index in [4.69, 9.17) is 14.0 Å². The van der Waals surface area contributed by atoms with Crippen LogP contribution in [0.1, 0.15) is 21.9 Å². The summed E-state index contributed by atoms with van der Waals surface area (Å²) in [6.07, 6.45) is 0. The largest absolute Gasteiger partial charge is 0.497 e. The molecule has 140 valence electrons. The molecule has 0 bridgehead atoms. The van der Waals surface area contributed by atoms with Gasteiger partial charge in [-0.05, 0) is 32.0 Å². The Morgan fingerprint density at radius 2 is 1.89 bits per heavy atom. The summed E-state index contributed by atoms with van der Waals surface area (Å²) in [4.78, 5) is 21.0. The first-order chi connectivity index (χ1) is 13.0. The number of methoxy groups -OCH3 is 2. The molecule has 9 nitrogen and oxygen atoms in total. The average molecular weight is 369 g/mol. The van der Waals surface area contributed by atoms with E-state index >= 15 is 0 Å². The Balaban J connectivity index is 1.84. The van der Waals surface area contributed by atoms with Gasteiger partial charge in [-0.3, -0.25) is 4.79 Å². The molecule has 0 saturated heterocycles. The van der Waals surface area contributed by atoms with E-state index in [0.717, 1.165) is 0 Å². The van der Waals surface area contributed by atoms with Crippen molar-refractivity contribution in [1.29, 1.82) is 0 Å². The number of amides is 1. The van der Waals surface area contributed by atoms with Crippen molar-refractivity contribution in [3.8, 4) is 11.5 Å². The molecule has 0 unspecified atom stereocenters. The van der Waals surface area contributed by atoms with Crippen LogP contribution in [0.2, 0.25) is 0 Å². The van der Waals surface area contributed by atoms with Gasteiger partial charge in [0.2, 0.25) is 5.95 Å². The van der Waals surface area contributed by atoms with Crippen LogP contribution in [-0.4, -0.2) is 35.3 Å². The molecule has 2 N–H and O–H groups in total. The summed E-state index contributed by atoms with van der Waals surface area (Å²) in [7, 11) is 3.13. The van der Waals surface area contributed by atoms with Crippen LogP contribution in [0.15, 0.2) is 34.9 Å². The lowest BCUT2D eigenvalue weighted by atomic mass is 10.2. The number of nitrogens with zero attached hydrogens (tertiary/aromatic N) is 3. The van der Waals surface area contributed by atoms with E-state index in [1.165, 1.54) is 0 Å². The summed E-state index contributed by atoms with van der Waals surface area (Å²) in [6.45, 7) is 3.51. The summed E-state index contributed by atoms with van der Waals surface area (Å²) in [6, 6.07) is 8.49. The quantitative estimate of drug-likeness (QED) is 0.682. The van der Waals surface area contributed by atoms with Gasteiger partial charge in [-0.2, -0.15) is 0 Å². The van der Waals surface area contributed by atoms with E-state index in [1.54, 1.807) is 58.4 Å². The second-order valence-corrected chi connectivity index (χ2v) is 5.69. The van der Waals surface area contributed by atoms with Crippen molar-refractivity contribution < 1.29 is 18.8 Å². The Morgan fingerprint density at radius 3 is 2.56 bits per heavy atom. The molecule has 1 aromatic carbocycles. The molecule has 0 fully saturated rings. The lowest BCUT2D eigenvalue weighted by Crippen LogP contribution is -2.15. The zero-order valence-corrected chi connectivity index (χ0v) is 15.4. The highest BCUT2D eigenvalue weighted by atomic mass is 16.5. The van der Waals surface area contributed by atoms with E-state index in [-0.39, 0.29) is 11.6 Å². The van der Waals surface area contributed by atoms with Crippen molar-refractivity contribution in [1.82, 2.24) is 15.1 Å². The molecule has 0 radical (unpaired) electrons. The Morgan fingerprint density at radius 1 is 1.07 bits per heavy atom. The molecule has 0 atom stereocenters. The third-order valence-corrected chi connectivity index (χ3v) is 3.61. The van der Waals surface area contributed by atoms with Gasteiger partial charge in [-0.15, -0.1) is 0 Å². The van der Waals surface area contributed by atoms with Gasteiger partial charge in [0.15, 0.2) is 5.82 Å². The molecule has 0 aliphatic heterocycles. The molecule has 0 spiro atoms. The fraction of sp³-hybridized carbons (Fsp3) is 0.222. The highest BCUT2D eigenvalue weighted by Crippen LogP contribution is 2.30. The smallest absolute Gasteiger partial charge is 0.275 e. The van der Waals surface area contributed by atoms with Crippen molar-refractivity contribution in [2.45, 2.75) is 13.8 Å². The summed E-state index contributed by atoms with van der Waals surface area (Å²) < 4.78 is 15.5. The molecule has 0 aliphatic rings. The maximum atomic E-state index is 12.4. The van der Waals surface area contributed by atoms with E-state index in [9.17, 15) is 4.79 Å². The predicted molar refractivity (Wildman–Crippen MR) is 98.8 cm³/mol. The molecule has 2 aromatic heterocycles. The number of anilines is 3. The standard InChI is InChI=1S/C18H19N5O4/c1-10-7-14(17(24)22-16-8-11(2)27-23-16)21-18(19-10)20-13-6-5-12(25-3)9-15(13)26-4/h5-9H,1-4H3,(H,19,20,21)(H,22,23,24). The lowest BCUT2D eigenvalue weighted by Gasteiger charge is -2.12. The number of hydrogen-bond donors (Lipinski definition) is 2. The minimum absolute atomic E-state index is 0.193. The molecule has 3 rings (SSSR count). The van der Waals surface area contributed by atoms with Gasteiger partial charge in [0.05, 0.1) is 19.9 Å².